The summed E-state index contributed by atoms with van der Waals surface area (Å²) < 4.78 is 21.6. The first-order valence-electron chi connectivity index (χ1n) is 11.1. The minimum atomic E-state index is -0.441. The number of hydrogen-bond donors (Lipinski definition) is 1. The zero-order valence-electron chi connectivity index (χ0n) is 18.9. The molecule has 2 aromatic carbocycles. The zero-order valence-corrected chi connectivity index (χ0v) is 18.9. The molecule has 1 heterocycles. The maximum absolute atomic E-state index is 13.8. The molecule has 0 bridgehead atoms. The Hall–Kier alpha value is -2.96. The number of aryl methyl sites for hydroxylation is 1. The van der Waals surface area contributed by atoms with Crippen LogP contribution in [0.5, 0.6) is 11.6 Å². The van der Waals surface area contributed by atoms with E-state index >= 15 is 0 Å². The van der Waals surface area contributed by atoms with Crippen LogP contribution in [-0.4, -0.2) is 39.0 Å². The summed E-state index contributed by atoms with van der Waals surface area (Å²) in [4.78, 5) is 2.22. The molecular weight excluding hydrogens is 405 g/mol. The summed E-state index contributed by atoms with van der Waals surface area (Å²) in [6.07, 6.45) is 3.79. The molecule has 0 radical (unpaired) electrons. The van der Waals surface area contributed by atoms with E-state index in [1.54, 1.807) is 16.8 Å². The summed E-state index contributed by atoms with van der Waals surface area (Å²) in [6, 6.07) is 16.1. The first kappa shape index (κ1) is 23.7. The van der Waals surface area contributed by atoms with Gasteiger partial charge in [-0.25, -0.2) is 9.07 Å². The molecule has 1 aromatic heterocycles. The molecule has 3 aromatic rings. The van der Waals surface area contributed by atoms with E-state index in [2.05, 4.69) is 18.4 Å². The molecule has 0 saturated heterocycles. The van der Waals surface area contributed by atoms with Gasteiger partial charge in [0.05, 0.1) is 11.7 Å². The highest BCUT2D eigenvalue weighted by molar-refractivity contribution is 5.65. The van der Waals surface area contributed by atoms with Crippen molar-refractivity contribution >= 4 is 0 Å². The second-order valence-corrected chi connectivity index (χ2v) is 7.94. The van der Waals surface area contributed by atoms with Crippen molar-refractivity contribution in [2.75, 3.05) is 13.1 Å². The average molecular weight is 438 g/mol. The van der Waals surface area contributed by atoms with Gasteiger partial charge >= 0.3 is 0 Å². The van der Waals surface area contributed by atoms with Gasteiger partial charge < -0.3 is 9.84 Å². The van der Waals surface area contributed by atoms with Gasteiger partial charge in [0, 0.05) is 31.8 Å². The average Bonchev–Trinajstić information content (AvgIpc) is 3.08. The third kappa shape index (κ3) is 6.28. The van der Waals surface area contributed by atoms with Crippen molar-refractivity contribution in [2.24, 2.45) is 7.05 Å². The van der Waals surface area contributed by atoms with E-state index in [0.29, 0.717) is 31.1 Å². The van der Waals surface area contributed by atoms with E-state index in [-0.39, 0.29) is 5.82 Å². The fourth-order valence-corrected chi connectivity index (χ4v) is 3.77. The highest BCUT2D eigenvalue weighted by Crippen LogP contribution is 2.34. The number of hydrogen-bond acceptors (Lipinski definition) is 4. The minimum Gasteiger partial charge on any atom is -0.439 e. The molecule has 3 rings (SSSR count). The quantitative estimate of drug-likeness (QED) is 0.377. The third-order valence-electron chi connectivity index (χ3n) is 5.24. The van der Waals surface area contributed by atoms with Crippen LogP contribution in [0.2, 0.25) is 0 Å². The SMILES string of the molecule is C=CCC[C@@H](O)CN(CCC)Cc1c(-c2ccccc2)nn(C)c1Oc1cccc(F)c1. The molecule has 0 aliphatic carbocycles. The second-order valence-electron chi connectivity index (χ2n) is 7.94. The smallest absolute Gasteiger partial charge is 0.222 e. The molecule has 0 spiro atoms. The number of rotatable bonds is 12. The Morgan fingerprint density at radius 3 is 2.69 bits per heavy atom. The van der Waals surface area contributed by atoms with E-state index in [0.717, 1.165) is 36.2 Å². The predicted octanol–water partition coefficient (Wildman–Crippen LogP) is 5.56. The Morgan fingerprint density at radius 2 is 2.00 bits per heavy atom. The molecule has 0 amide bonds. The largest absolute Gasteiger partial charge is 0.439 e. The highest BCUT2D eigenvalue weighted by Gasteiger charge is 2.23. The second kappa shape index (κ2) is 11.6. The Balaban J connectivity index is 1.97. The van der Waals surface area contributed by atoms with Crippen LogP contribution < -0.4 is 4.74 Å². The van der Waals surface area contributed by atoms with Gasteiger partial charge in [0.1, 0.15) is 17.3 Å². The molecule has 32 heavy (non-hydrogen) atoms. The first-order valence-corrected chi connectivity index (χ1v) is 11.1. The summed E-state index contributed by atoms with van der Waals surface area (Å²) in [5, 5.41) is 15.2. The third-order valence-corrected chi connectivity index (χ3v) is 5.24. The summed E-state index contributed by atoms with van der Waals surface area (Å²) in [5.41, 5.74) is 2.71. The van der Waals surface area contributed by atoms with Crippen molar-refractivity contribution in [3.05, 3.63) is 78.6 Å². The molecule has 5 nitrogen and oxygen atoms in total. The topological polar surface area (TPSA) is 50.5 Å². The molecule has 0 unspecified atom stereocenters. The van der Waals surface area contributed by atoms with Crippen LogP contribution in [0.4, 0.5) is 4.39 Å². The monoisotopic (exact) mass is 437 g/mol. The number of halogens is 1. The fourth-order valence-electron chi connectivity index (χ4n) is 3.77. The van der Waals surface area contributed by atoms with E-state index in [9.17, 15) is 9.50 Å². The molecule has 0 aliphatic heterocycles. The summed E-state index contributed by atoms with van der Waals surface area (Å²) in [7, 11) is 1.83. The Bertz CT molecular complexity index is 1000. The minimum absolute atomic E-state index is 0.354. The van der Waals surface area contributed by atoms with Gasteiger partial charge in [-0.05, 0) is 37.9 Å². The van der Waals surface area contributed by atoms with Crippen LogP contribution >= 0.6 is 0 Å². The summed E-state index contributed by atoms with van der Waals surface area (Å²) in [6.45, 7) is 7.79. The lowest BCUT2D eigenvalue weighted by molar-refractivity contribution is 0.102. The Morgan fingerprint density at radius 1 is 1.22 bits per heavy atom. The van der Waals surface area contributed by atoms with Gasteiger partial charge in [0.2, 0.25) is 5.88 Å². The molecule has 0 saturated carbocycles. The van der Waals surface area contributed by atoms with Crippen LogP contribution in [0, 0.1) is 5.82 Å². The van der Waals surface area contributed by atoms with E-state index in [1.807, 2.05) is 43.5 Å². The fraction of sp³-hybridized carbons (Fsp3) is 0.346. The Kier molecular flexibility index (Phi) is 8.59. The van der Waals surface area contributed by atoms with Gasteiger partial charge in [-0.2, -0.15) is 5.10 Å². The Labute approximate surface area is 189 Å². The lowest BCUT2D eigenvalue weighted by Crippen LogP contribution is -2.33. The molecular formula is C26H32FN3O2. The van der Waals surface area contributed by atoms with Gasteiger partial charge in [-0.1, -0.05) is 49.4 Å². The van der Waals surface area contributed by atoms with Crippen LogP contribution in [0.25, 0.3) is 11.3 Å². The number of allylic oxidation sites excluding steroid dienone is 1. The van der Waals surface area contributed by atoms with Crippen LogP contribution in [0.15, 0.2) is 67.3 Å². The maximum Gasteiger partial charge on any atom is 0.222 e. The van der Waals surface area contributed by atoms with Gasteiger partial charge in [0.25, 0.3) is 0 Å². The van der Waals surface area contributed by atoms with E-state index in [1.165, 1.54) is 12.1 Å². The molecule has 170 valence electrons. The maximum atomic E-state index is 13.8. The summed E-state index contributed by atoms with van der Waals surface area (Å²) in [5.74, 6) is 0.630. The highest BCUT2D eigenvalue weighted by atomic mass is 19.1. The van der Waals surface area contributed by atoms with E-state index < -0.39 is 6.10 Å². The molecule has 6 heteroatoms. The van der Waals surface area contributed by atoms with Crippen molar-refractivity contribution in [3.63, 3.8) is 0 Å². The number of aliphatic hydroxyl groups excluding tert-OH is 1. The zero-order chi connectivity index (χ0) is 22.9. The van der Waals surface area contributed by atoms with Crippen molar-refractivity contribution < 1.29 is 14.2 Å². The first-order chi connectivity index (χ1) is 15.5. The number of benzene rings is 2. The number of aromatic nitrogens is 2. The van der Waals surface area contributed by atoms with Crippen molar-refractivity contribution in [1.29, 1.82) is 0 Å². The molecule has 0 fully saturated rings. The standard InChI is InChI=1S/C26H32FN3O2/c1-4-6-14-22(31)18-30(16-5-2)19-24-25(20-11-8-7-9-12-20)28-29(3)26(24)32-23-15-10-13-21(27)17-23/h4,7-13,15,17,22,31H,1,5-6,14,16,18-19H2,2-3H3/t22-/m1/s1. The van der Waals surface area contributed by atoms with Crippen LogP contribution in [0.1, 0.15) is 31.7 Å². The van der Waals surface area contributed by atoms with Crippen LogP contribution in [-0.2, 0) is 13.6 Å². The van der Waals surface area contributed by atoms with Crippen molar-refractivity contribution in [1.82, 2.24) is 14.7 Å². The molecule has 1 atom stereocenters. The van der Waals surface area contributed by atoms with E-state index in [4.69, 9.17) is 9.84 Å². The molecule has 1 N–H and O–H groups in total. The lowest BCUT2D eigenvalue weighted by Gasteiger charge is -2.25. The predicted molar refractivity (Wildman–Crippen MR) is 126 cm³/mol. The lowest BCUT2D eigenvalue weighted by atomic mass is 10.1. The number of nitrogens with zero attached hydrogens (tertiary/aromatic N) is 3. The molecule has 0 aliphatic rings. The van der Waals surface area contributed by atoms with Crippen molar-refractivity contribution in [2.45, 2.75) is 38.8 Å². The number of ether oxygens (including phenoxy) is 1. The van der Waals surface area contributed by atoms with Gasteiger partial charge in [-0.3, -0.25) is 4.90 Å². The van der Waals surface area contributed by atoms with Gasteiger partial charge in [-0.15, -0.1) is 6.58 Å². The van der Waals surface area contributed by atoms with Crippen LogP contribution in [0.3, 0.4) is 0 Å². The van der Waals surface area contributed by atoms with Gasteiger partial charge in [0.15, 0.2) is 0 Å². The normalized spacial score (nSPS) is 12.2. The number of aliphatic hydroxyl groups is 1. The van der Waals surface area contributed by atoms with Crippen molar-refractivity contribution in [3.8, 4) is 22.9 Å². The summed E-state index contributed by atoms with van der Waals surface area (Å²) >= 11 is 0.